The predicted octanol–water partition coefficient (Wildman–Crippen LogP) is 2.90. The van der Waals surface area contributed by atoms with Gasteiger partial charge in [-0.3, -0.25) is 14.9 Å². The maximum absolute atomic E-state index is 12.5. The van der Waals surface area contributed by atoms with Crippen molar-refractivity contribution in [3.05, 3.63) is 49.4 Å². The summed E-state index contributed by atoms with van der Waals surface area (Å²) >= 11 is 3.47. The Morgan fingerprint density at radius 3 is 2.58 bits per heavy atom. The van der Waals surface area contributed by atoms with Gasteiger partial charge in [0.15, 0.2) is 0 Å². The zero-order valence-electron chi connectivity index (χ0n) is 12.5. The molecule has 0 saturated carbocycles. The van der Waals surface area contributed by atoms with E-state index < -0.39 is 11.9 Å². The van der Waals surface area contributed by atoms with Crippen LogP contribution in [0.2, 0.25) is 0 Å². The second-order valence-corrected chi connectivity index (χ2v) is 7.58. The van der Waals surface area contributed by atoms with Crippen molar-refractivity contribution in [3.8, 4) is 0 Å². The molecular formula is C16H14IN3O3S. The Labute approximate surface area is 155 Å². The molecule has 0 fully saturated rings. The number of primary amides is 1. The molecule has 0 saturated heterocycles. The number of hydrogen-bond acceptors (Lipinski definition) is 4. The highest BCUT2D eigenvalue weighted by Gasteiger charge is 2.28. The molecule has 0 bridgehead atoms. The highest BCUT2D eigenvalue weighted by Crippen LogP contribution is 2.39. The Kier molecular flexibility index (Phi) is 4.86. The van der Waals surface area contributed by atoms with Gasteiger partial charge in [0, 0.05) is 8.45 Å². The normalized spacial score (nSPS) is 12.5. The monoisotopic (exact) mass is 455 g/mol. The topological polar surface area (TPSA) is 101 Å². The average molecular weight is 455 g/mol. The average Bonchev–Trinajstić information content (AvgIpc) is 3.06. The molecular weight excluding hydrogens is 441 g/mol. The summed E-state index contributed by atoms with van der Waals surface area (Å²) in [6.07, 6.45) is 2.59. The van der Waals surface area contributed by atoms with E-state index in [4.69, 9.17) is 5.73 Å². The third kappa shape index (κ3) is 3.29. The van der Waals surface area contributed by atoms with E-state index in [1.807, 2.05) is 12.1 Å². The summed E-state index contributed by atoms with van der Waals surface area (Å²) in [4.78, 5) is 36.9. The number of nitrogens with one attached hydrogen (secondary N) is 2. The molecule has 6 nitrogen and oxygen atoms in total. The number of amides is 4. The molecule has 0 atom stereocenters. The molecule has 1 aliphatic rings. The molecule has 1 aliphatic carbocycles. The van der Waals surface area contributed by atoms with E-state index in [-0.39, 0.29) is 5.91 Å². The fraction of sp³-hybridized carbons (Fsp3) is 0.188. The van der Waals surface area contributed by atoms with Crippen LogP contribution in [0.3, 0.4) is 0 Å². The quantitative estimate of drug-likeness (QED) is 0.621. The van der Waals surface area contributed by atoms with Crippen LogP contribution < -0.4 is 16.4 Å². The van der Waals surface area contributed by atoms with Crippen LogP contribution >= 0.6 is 33.9 Å². The van der Waals surface area contributed by atoms with Crippen molar-refractivity contribution in [1.29, 1.82) is 0 Å². The van der Waals surface area contributed by atoms with Gasteiger partial charge in [-0.25, -0.2) is 4.79 Å². The number of aryl methyl sites for hydroxylation is 1. The first kappa shape index (κ1) is 16.9. The van der Waals surface area contributed by atoms with Crippen LogP contribution in [0.1, 0.15) is 37.6 Å². The fourth-order valence-electron chi connectivity index (χ4n) is 2.72. The first-order valence-corrected chi connectivity index (χ1v) is 9.18. The summed E-state index contributed by atoms with van der Waals surface area (Å²) in [5.74, 6) is -0.854. The Morgan fingerprint density at radius 1 is 1.12 bits per heavy atom. The number of rotatable bonds is 3. The first-order valence-electron chi connectivity index (χ1n) is 7.28. The number of carbonyl (C=O) groups is 3. The first-order chi connectivity index (χ1) is 11.5. The van der Waals surface area contributed by atoms with Crippen LogP contribution in [0.25, 0.3) is 0 Å². The number of anilines is 1. The van der Waals surface area contributed by atoms with Crippen molar-refractivity contribution < 1.29 is 14.4 Å². The molecule has 3 rings (SSSR count). The van der Waals surface area contributed by atoms with Crippen LogP contribution in [-0.2, 0) is 12.8 Å². The number of imide groups is 1. The van der Waals surface area contributed by atoms with Gasteiger partial charge in [0.05, 0.1) is 11.1 Å². The number of hydrogen-bond donors (Lipinski definition) is 3. The number of urea groups is 1. The lowest BCUT2D eigenvalue weighted by molar-refractivity contribution is 0.0966. The van der Waals surface area contributed by atoms with Gasteiger partial charge >= 0.3 is 6.03 Å². The molecule has 0 unspecified atom stereocenters. The minimum Gasteiger partial charge on any atom is -0.351 e. The van der Waals surface area contributed by atoms with Crippen molar-refractivity contribution in [2.24, 2.45) is 5.73 Å². The maximum Gasteiger partial charge on any atom is 0.319 e. The number of halogens is 1. The molecule has 8 heteroatoms. The van der Waals surface area contributed by atoms with Gasteiger partial charge in [-0.05, 0) is 59.5 Å². The standard InChI is InChI=1S/C16H14IN3O3S/c17-10-6-2-1-4-8(10)13(21)19-15-12(14(22)20-16(18)23)9-5-3-7-11(9)24-15/h1-2,4,6H,3,5,7H2,(H,19,21)(H3,18,20,22,23). The zero-order chi connectivity index (χ0) is 17.3. The highest BCUT2D eigenvalue weighted by molar-refractivity contribution is 14.1. The number of thiophene rings is 1. The van der Waals surface area contributed by atoms with Crippen LogP contribution in [-0.4, -0.2) is 17.8 Å². The molecule has 4 N–H and O–H groups in total. The molecule has 1 aromatic carbocycles. The molecule has 0 aliphatic heterocycles. The van der Waals surface area contributed by atoms with E-state index in [1.165, 1.54) is 11.3 Å². The van der Waals surface area contributed by atoms with Crippen molar-refractivity contribution in [2.45, 2.75) is 19.3 Å². The van der Waals surface area contributed by atoms with Gasteiger partial charge in [0.25, 0.3) is 11.8 Å². The zero-order valence-corrected chi connectivity index (χ0v) is 15.5. The molecule has 0 radical (unpaired) electrons. The van der Waals surface area contributed by atoms with Crippen LogP contribution in [0, 0.1) is 3.57 Å². The molecule has 1 aromatic heterocycles. The lowest BCUT2D eigenvalue weighted by Gasteiger charge is -2.09. The van der Waals surface area contributed by atoms with Gasteiger partial charge in [-0.2, -0.15) is 0 Å². The van der Waals surface area contributed by atoms with E-state index in [1.54, 1.807) is 12.1 Å². The van der Waals surface area contributed by atoms with Crippen LogP contribution in [0.15, 0.2) is 24.3 Å². The summed E-state index contributed by atoms with van der Waals surface area (Å²) < 4.78 is 0.819. The largest absolute Gasteiger partial charge is 0.351 e. The van der Waals surface area contributed by atoms with Gasteiger partial charge in [0.2, 0.25) is 0 Å². The number of nitrogens with two attached hydrogens (primary N) is 1. The van der Waals surface area contributed by atoms with Crippen molar-refractivity contribution in [3.63, 3.8) is 0 Å². The van der Waals surface area contributed by atoms with E-state index in [0.717, 1.165) is 33.3 Å². The van der Waals surface area contributed by atoms with E-state index >= 15 is 0 Å². The Morgan fingerprint density at radius 2 is 1.88 bits per heavy atom. The van der Waals surface area contributed by atoms with Gasteiger partial charge < -0.3 is 11.1 Å². The highest BCUT2D eigenvalue weighted by atomic mass is 127. The molecule has 1 heterocycles. The molecule has 0 spiro atoms. The van der Waals surface area contributed by atoms with Crippen LogP contribution in [0.4, 0.5) is 9.80 Å². The van der Waals surface area contributed by atoms with E-state index in [2.05, 4.69) is 33.2 Å². The molecule has 24 heavy (non-hydrogen) atoms. The summed E-state index contributed by atoms with van der Waals surface area (Å²) in [5, 5.41) is 5.37. The maximum atomic E-state index is 12.5. The molecule has 2 aromatic rings. The third-order valence-electron chi connectivity index (χ3n) is 3.73. The summed E-state index contributed by atoms with van der Waals surface area (Å²) in [7, 11) is 0. The van der Waals surface area contributed by atoms with Crippen molar-refractivity contribution >= 4 is 56.8 Å². The number of carbonyl (C=O) groups excluding carboxylic acids is 3. The summed E-state index contributed by atoms with van der Waals surface area (Å²) in [6, 6.07) is 6.29. The summed E-state index contributed by atoms with van der Waals surface area (Å²) in [5.41, 5.74) is 6.84. The molecule has 124 valence electrons. The molecule has 4 amide bonds. The second-order valence-electron chi connectivity index (χ2n) is 5.31. The van der Waals surface area contributed by atoms with Gasteiger partial charge in [-0.1, -0.05) is 12.1 Å². The lowest BCUT2D eigenvalue weighted by Crippen LogP contribution is -2.35. The minimum absolute atomic E-state index is 0.284. The van der Waals surface area contributed by atoms with Crippen molar-refractivity contribution in [1.82, 2.24) is 5.32 Å². The van der Waals surface area contributed by atoms with Gasteiger partial charge in [0.1, 0.15) is 5.00 Å². The smallest absolute Gasteiger partial charge is 0.319 e. The Bertz CT molecular complexity index is 847. The van der Waals surface area contributed by atoms with Crippen LogP contribution in [0.5, 0.6) is 0 Å². The fourth-order valence-corrected chi connectivity index (χ4v) is 4.64. The van der Waals surface area contributed by atoms with E-state index in [0.29, 0.717) is 16.1 Å². The van der Waals surface area contributed by atoms with Crippen molar-refractivity contribution in [2.75, 3.05) is 5.32 Å². The SMILES string of the molecule is NC(=O)NC(=O)c1c(NC(=O)c2ccccc2I)sc2c1CCC2. The second kappa shape index (κ2) is 6.89. The third-order valence-corrected chi connectivity index (χ3v) is 5.88. The number of fused-ring (bicyclic) bond motifs is 1. The Hall–Kier alpha value is -1.94. The predicted molar refractivity (Wildman–Crippen MR) is 101 cm³/mol. The Balaban J connectivity index is 1.94. The lowest BCUT2D eigenvalue weighted by atomic mass is 10.1. The van der Waals surface area contributed by atoms with Gasteiger partial charge in [-0.15, -0.1) is 11.3 Å². The minimum atomic E-state index is -0.909. The van der Waals surface area contributed by atoms with E-state index in [9.17, 15) is 14.4 Å². The number of benzene rings is 1. The summed E-state index contributed by atoms with van der Waals surface area (Å²) in [6.45, 7) is 0.